The summed E-state index contributed by atoms with van der Waals surface area (Å²) in [6, 6.07) is 0. The fourth-order valence-electron chi connectivity index (χ4n) is 1.15. The van der Waals surface area contributed by atoms with E-state index >= 15 is 0 Å². The van der Waals surface area contributed by atoms with Gasteiger partial charge < -0.3 is 0 Å². The number of hydrogen-bond donors (Lipinski definition) is 0. The van der Waals surface area contributed by atoms with Crippen LogP contribution in [-0.4, -0.2) is 0 Å². The van der Waals surface area contributed by atoms with E-state index in [1.807, 2.05) is 0 Å². The van der Waals surface area contributed by atoms with Crippen LogP contribution >= 0.6 is 50.9 Å². The number of unbranched alkanes of at least 4 members (excludes halogenated alkanes) is 1. The molecule has 0 spiro atoms. The van der Waals surface area contributed by atoms with Crippen molar-refractivity contribution < 1.29 is 24.4 Å². The first-order valence-electron chi connectivity index (χ1n) is 3.94. The van der Waals surface area contributed by atoms with Crippen molar-refractivity contribution in [2.24, 2.45) is 0 Å². The molecule has 77 valence electrons. The molecule has 0 N–H and O–H groups in total. The Kier molecular flexibility index (Phi) is 18.5. The molecular weight excluding hydrogens is 526 g/mol. The molecule has 0 radical (unpaired) electrons. The summed E-state index contributed by atoms with van der Waals surface area (Å²) >= 11 is 1.27. The molecule has 0 heterocycles. The first kappa shape index (κ1) is 20.2. The van der Waals surface area contributed by atoms with Crippen LogP contribution in [0.4, 0.5) is 0 Å². The van der Waals surface area contributed by atoms with Crippen molar-refractivity contribution in [2.45, 2.75) is 32.6 Å². The molecule has 1 aliphatic carbocycles. The van der Waals surface area contributed by atoms with Crippen molar-refractivity contribution in [1.82, 2.24) is 0 Å². The summed E-state index contributed by atoms with van der Waals surface area (Å²) in [7, 11) is 0. The molecule has 0 aromatic carbocycles. The van der Waals surface area contributed by atoms with Crippen LogP contribution in [0.5, 0.6) is 0 Å². The molecular formula is C9H16Br3Hf. The van der Waals surface area contributed by atoms with E-state index in [0.717, 1.165) is 0 Å². The molecule has 0 nitrogen and oxygen atoms in total. The van der Waals surface area contributed by atoms with E-state index in [-0.39, 0.29) is 50.9 Å². The van der Waals surface area contributed by atoms with Gasteiger partial charge in [0.15, 0.2) is 0 Å². The summed E-state index contributed by atoms with van der Waals surface area (Å²) in [5.74, 6) is 0. The molecule has 0 atom stereocenters. The maximum absolute atomic E-state index is 2.32. The normalized spacial score (nSPS) is 12.9. The van der Waals surface area contributed by atoms with Gasteiger partial charge in [-0.15, -0.1) is 50.9 Å². The van der Waals surface area contributed by atoms with Crippen LogP contribution in [0.15, 0.2) is 21.1 Å². The van der Waals surface area contributed by atoms with Gasteiger partial charge in [0.25, 0.3) is 0 Å². The second-order valence-electron chi connectivity index (χ2n) is 2.71. The summed E-state index contributed by atoms with van der Waals surface area (Å²) in [5.41, 5.74) is 1.65. The monoisotopic (exact) mass is 541 g/mol. The van der Waals surface area contributed by atoms with E-state index < -0.39 is 0 Å². The first-order valence-corrected chi connectivity index (χ1v) is 5.74. The zero-order valence-electron chi connectivity index (χ0n) is 7.71. The van der Waals surface area contributed by atoms with Gasteiger partial charge in [0.2, 0.25) is 0 Å². The van der Waals surface area contributed by atoms with Gasteiger partial charge in [-0.25, -0.2) is 0 Å². The number of rotatable bonds is 3. The number of hydrogen-bond acceptors (Lipinski definition) is 0. The van der Waals surface area contributed by atoms with Gasteiger partial charge in [-0.1, -0.05) is 0 Å². The van der Waals surface area contributed by atoms with Crippen molar-refractivity contribution in [3.8, 4) is 0 Å². The second kappa shape index (κ2) is 11.9. The molecule has 1 rings (SSSR count). The summed E-state index contributed by atoms with van der Waals surface area (Å²) in [4.78, 5) is 0. The number of halogens is 3. The van der Waals surface area contributed by atoms with Gasteiger partial charge in [-0.3, -0.25) is 0 Å². The van der Waals surface area contributed by atoms with Crippen molar-refractivity contribution in [3.05, 3.63) is 21.1 Å². The molecule has 13 heavy (non-hydrogen) atoms. The SMILES string of the molecule is Br.Br.Br.CCCCC1=[C]([Hf])CC=C1. The molecule has 0 fully saturated rings. The fraction of sp³-hybridized carbons (Fsp3) is 0.556. The van der Waals surface area contributed by atoms with E-state index in [1.54, 1.807) is 8.90 Å². The Balaban J connectivity index is -0.000000333. The molecule has 0 saturated carbocycles. The van der Waals surface area contributed by atoms with Crippen LogP contribution < -0.4 is 0 Å². The second-order valence-corrected chi connectivity index (χ2v) is 4.88. The zero-order valence-corrected chi connectivity index (χ0v) is 16.4. The Bertz CT molecular complexity index is 176. The third-order valence-corrected chi connectivity index (χ3v) is 3.72. The van der Waals surface area contributed by atoms with Crippen LogP contribution in [0.1, 0.15) is 32.6 Å². The topological polar surface area (TPSA) is 0 Å². The van der Waals surface area contributed by atoms with Crippen LogP contribution in [0.3, 0.4) is 0 Å². The van der Waals surface area contributed by atoms with Gasteiger partial charge in [0.1, 0.15) is 0 Å². The Morgan fingerprint density at radius 1 is 1.31 bits per heavy atom. The molecule has 0 bridgehead atoms. The predicted molar refractivity (Wildman–Crippen MR) is 71.3 cm³/mol. The molecule has 4 heteroatoms. The minimum atomic E-state index is 0. The van der Waals surface area contributed by atoms with Crippen molar-refractivity contribution in [1.29, 1.82) is 0 Å². The molecule has 0 aliphatic heterocycles. The molecule has 0 aromatic heterocycles. The Morgan fingerprint density at radius 2 is 1.92 bits per heavy atom. The summed E-state index contributed by atoms with van der Waals surface area (Å²) in [5, 5.41) is 0. The van der Waals surface area contributed by atoms with Crippen molar-refractivity contribution in [3.63, 3.8) is 0 Å². The Labute approximate surface area is 128 Å². The van der Waals surface area contributed by atoms with E-state index in [2.05, 4.69) is 19.1 Å². The van der Waals surface area contributed by atoms with E-state index in [4.69, 9.17) is 0 Å². The van der Waals surface area contributed by atoms with Crippen LogP contribution in [0.25, 0.3) is 0 Å². The van der Waals surface area contributed by atoms with Gasteiger partial charge in [0.05, 0.1) is 0 Å². The summed E-state index contributed by atoms with van der Waals surface area (Å²) < 4.78 is 1.72. The molecule has 0 saturated heterocycles. The Hall–Kier alpha value is 1.79. The van der Waals surface area contributed by atoms with Gasteiger partial charge in [0, 0.05) is 0 Å². The quantitative estimate of drug-likeness (QED) is 0.455. The molecule has 0 unspecified atom stereocenters. The fourth-order valence-corrected chi connectivity index (χ4v) is 2.32. The molecule has 0 amide bonds. The van der Waals surface area contributed by atoms with Crippen molar-refractivity contribution in [2.75, 3.05) is 0 Å². The molecule has 0 aromatic rings. The van der Waals surface area contributed by atoms with E-state index in [0.29, 0.717) is 0 Å². The standard InChI is InChI=1S/C9H13.3BrH.Hf/c1-2-3-6-9-7-4-5-8-9;;;;/h4,7H,2-3,5-6H2,1H3;3*1H;. The summed E-state index contributed by atoms with van der Waals surface area (Å²) in [6.45, 7) is 2.26. The third kappa shape index (κ3) is 7.69. The first-order chi connectivity index (χ1) is 4.84. The maximum atomic E-state index is 2.32. The van der Waals surface area contributed by atoms with Gasteiger partial charge in [-0.05, 0) is 0 Å². The van der Waals surface area contributed by atoms with Crippen LogP contribution in [0, 0.1) is 0 Å². The van der Waals surface area contributed by atoms with E-state index in [1.165, 1.54) is 50.1 Å². The van der Waals surface area contributed by atoms with Crippen LogP contribution in [-0.2, 0) is 24.4 Å². The minimum absolute atomic E-state index is 0. The van der Waals surface area contributed by atoms with Gasteiger partial charge in [-0.2, -0.15) is 0 Å². The van der Waals surface area contributed by atoms with Crippen LogP contribution in [0.2, 0.25) is 0 Å². The third-order valence-electron chi connectivity index (χ3n) is 1.83. The van der Waals surface area contributed by atoms with Gasteiger partial charge >= 0.3 is 78.0 Å². The number of allylic oxidation sites excluding steroid dienone is 4. The average molecular weight is 542 g/mol. The van der Waals surface area contributed by atoms with Crippen molar-refractivity contribution >= 4 is 50.9 Å². The van der Waals surface area contributed by atoms with E-state index in [9.17, 15) is 0 Å². The summed E-state index contributed by atoms with van der Waals surface area (Å²) in [6.07, 6.45) is 9.89. The zero-order chi connectivity index (χ0) is 7.40. The predicted octanol–water partition coefficient (Wildman–Crippen LogP) is 4.67. The average Bonchev–Trinajstić information content (AvgIpc) is 2.31. The Morgan fingerprint density at radius 3 is 2.31 bits per heavy atom. The molecule has 1 aliphatic rings.